The van der Waals surface area contributed by atoms with Gasteiger partial charge in [0.25, 0.3) is 5.91 Å². The maximum Gasteiger partial charge on any atom is 0.252 e. The molecular formula is C26H21ClFN5O. The van der Waals surface area contributed by atoms with Crippen molar-refractivity contribution in [3.05, 3.63) is 94.2 Å². The first-order valence-corrected chi connectivity index (χ1v) is 11.5. The van der Waals surface area contributed by atoms with Gasteiger partial charge < -0.3 is 10.2 Å². The lowest BCUT2D eigenvalue weighted by molar-refractivity contribution is 0.0960. The number of hydrogen-bond donors (Lipinski definition) is 1. The van der Waals surface area contributed by atoms with E-state index in [9.17, 15) is 9.18 Å². The monoisotopic (exact) mass is 473 g/mol. The van der Waals surface area contributed by atoms with E-state index < -0.39 is 6.04 Å². The van der Waals surface area contributed by atoms with Gasteiger partial charge in [0.1, 0.15) is 12.1 Å². The van der Waals surface area contributed by atoms with Crippen LogP contribution >= 0.6 is 11.6 Å². The van der Waals surface area contributed by atoms with Gasteiger partial charge in [-0.25, -0.2) is 13.9 Å². The highest BCUT2D eigenvalue weighted by Crippen LogP contribution is 2.42. The fourth-order valence-electron chi connectivity index (χ4n) is 4.84. The maximum atomic E-state index is 14.2. The standard InChI is InChI=1S/C26H21ClFN5O/c1-32-8-6-15(7-9-32)19-10-17(16-2-5-23-29-14-30-33(23)13-16)11-21-24(19)25(31-26(21)34)20-12-18(28)3-4-22(20)27/h2-6,10-14,25H,7-9H2,1H3,(H,31,34). The van der Waals surface area contributed by atoms with Crippen LogP contribution < -0.4 is 5.32 Å². The van der Waals surface area contributed by atoms with Crippen LogP contribution in [0, 0.1) is 5.82 Å². The summed E-state index contributed by atoms with van der Waals surface area (Å²) in [6, 6.07) is 11.6. The topological polar surface area (TPSA) is 62.5 Å². The normalized spacial score (nSPS) is 18.1. The number of amides is 1. The van der Waals surface area contributed by atoms with Gasteiger partial charge in [-0.15, -0.1) is 0 Å². The van der Waals surface area contributed by atoms with E-state index in [4.69, 9.17) is 11.6 Å². The summed E-state index contributed by atoms with van der Waals surface area (Å²) in [4.78, 5) is 19.6. The number of hydrogen-bond acceptors (Lipinski definition) is 4. The van der Waals surface area contributed by atoms with Crippen molar-refractivity contribution in [1.82, 2.24) is 24.8 Å². The second-order valence-corrected chi connectivity index (χ2v) is 9.19. The molecule has 0 spiro atoms. The Balaban J connectivity index is 1.57. The van der Waals surface area contributed by atoms with E-state index in [1.54, 1.807) is 4.52 Å². The molecule has 0 aliphatic carbocycles. The fourth-order valence-corrected chi connectivity index (χ4v) is 5.06. The zero-order chi connectivity index (χ0) is 23.4. The molecule has 0 saturated heterocycles. The summed E-state index contributed by atoms with van der Waals surface area (Å²) >= 11 is 6.46. The first-order chi connectivity index (χ1) is 16.5. The number of halogens is 2. The minimum Gasteiger partial charge on any atom is -0.341 e. The molecule has 2 aliphatic heterocycles. The van der Waals surface area contributed by atoms with Gasteiger partial charge in [-0.1, -0.05) is 17.7 Å². The lowest BCUT2D eigenvalue weighted by Crippen LogP contribution is -2.24. The largest absolute Gasteiger partial charge is 0.341 e. The van der Waals surface area contributed by atoms with E-state index in [0.717, 1.165) is 47.4 Å². The Morgan fingerprint density at radius 2 is 1.97 bits per heavy atom. The number of benzene rings is 2. The van der Waals surface area contributed by atoms with Crippen molar-refractivity contribution in [2.75, 3.05) is 20.1 Å². The number of carbonyl (C=O) groups excluding carboxylic acids is 1. The Bertz CT molecular complexity index is 1490. The fraction of sp³-hybridized carbons (Fsp3) is 0.192. The lowest BCUT2D eigenvalue weighted by atomic mass is 9.85. The zero-order valence-corrected chi connectivity index (χ0v) is 19.2. The second kappa shape index (κ2) is 8.04. The molecule has 1 amide bonds. The lowest BCUT2D eigenvalue weighted by Gasteiger charge is -2.25. The molecule has 0 fully saturated rings. The van der Waals surface area contributed by atoms with Gasteiger partial charge >= 0.3 is 0 Å². The average Bonchev–Trinajstić information content (AvgIpc) is 3.44. The second-order valence-electron chi connectivity index (χ2n) is 8.78. The van der Waals surface area contributed by atoms with E-state index >= 15 is 0 Å². The first kappa shape index (κ1) is 21.0. The van der Waals surface area contributed by atoms with Crippen molar-refractivity contribution in [2.45, 2.75) is 12.5 Å². The van der Waals surface area contributed by atoms with E-state index in [1.165, 1.54) is 30.1 Å². The smallest absolute Gasteiger partial charge is 0.252 e. The summed E-state index contributed by atoms with van der Waals surface area (Å²) < 4.78 is 15.9. The molecule has 2 aromatic carbocycles. The highest BCUT2D eigenvalue weighted by molar-refractivity contribution is 6.31. The summed E-state index contributed by atoms with van der Waals surface area (Å²) in [7, 11) is 2.09. The van der Waals surface area contributed by atoms with Gasteiger partial charge in [-0.3, -0.25) is 4.79 Å². The highest BCUT2D eigenvalue weighted by atomic mass is 35.5. The number of pyridine rings is 1. The molecule has 0 bridgehead atoms. The Morgan fingerprint density at radius 3 is 2.79 bits per heavy atom. The summed E-state index contributed by atoms with van der Waals surface area (Å²) in [5.41, 5.74) is 6.73. The summed E-state index contributed by atoms with van der Waals surface area (Å²) in [6.45, 7) is 1.74. The van der Waals surface area contributed by atoms with E-state index in [2.05, 4.69) is 39.5 Å². The molecule has 6 rings (SSSR count). The van der Waals surface area contributed by atoms with Crippen LogP contribution in [0.3, 0.4) is 0 Å². The van der Waals surface area contributed by atoms with Gasteiger partial charge in [0.05, 0.1) is 6.04 Å². The third kappa shape index (κ3) is 3.48. The Hall–Kier alpha value is -3.55. The van der Waals surface area contributed by atoms with Crippen molar-refractivity contribution >= 4 is 28.7 Å². The third-order valence-corrected chi connectivity index (χ3v) is 6.97. The van der Waals surface area contributed by atoms with E-state index in [0.29, 0.717) is 16.1 Å². The van der Waals surface area contributed by atoms with Gasteiger partial charge in [0.2, 0.25) is 0 Å². The Morgan fingerprint density at radius 1 is 1.12 bits per heavy atom. The number of aromatic nitrogens is 3. The predicted octanol–water partition coefficient (Wildman–Crippen LogP) is 4.74. The molecule has 0 radical (unpaired) electrons. The zero-order valence-electron chi connectivity index (χ0n) is 18.4. The van der Waals surface area contributed by atoms with Crippen LogP contribution in [0.25, 0.3) is 22.3 Å². The molecule has 1 atom stereocenters. The van der Waals surface area contributed by atoms with Crippen LogP contribution in [-0.2, 0) is 0 Å². The Kier molecular flexibility index (Phi) is 4.97. The molecule has 0 saturated carbocycles. The molecule has 4 heterocycles. The first-order valence-electron chi connectivity index (χ1n) is 11.1. The average molecular weight is 474 g/mol. The molecule has 170 valence electrons. The van der Waals surface area contributed by atoms with Gasteiger partial charge in [0.15, 0.2) is 5.65 Å². The minimum atomic E-state index is -0.520. The number of nitrogens with zero attached hydrogens (tertiary/aromatic N) is 4. The van der Waals surface area contributed by atoms with Gasteiger partial charge in [0, 0.05) is 41.0 Å². The molecule has 4 aromatic rings. The van der Waals surface area contributed by atoms with Crippen LogP contribution in [-0.4, -0.2) is 45.5 Å². The number of nitrogens with one attached hydrogen (secondary N) is 1. The van der Waals surface area contributed by atoms with Crippen molar-refractivity contribution in [3.63, 3.8) is 0 Å². The number of likely N-dealkylation sites (N-methyl/N-ethyl adjacent to an activating group) is 1. The molecule has 1 unspecified atom stereocenters. The van der Waals surface area contributed by atoms with Crippen molar-refractivity contribution in [3.8, 4) is 11.1 Å². The molecule has 6 nitrogen and oxygen atoms in total. The molecule has 8 heteroatoms. The number of fused-ring (bicyclic) bond motifs is 2. The summed E-state index contributed by atoms with van der Waals surface area (Å²) in [5, 5.41) is 7.70. The summed E-state index contributed by atoms with van der Waals surface area (Å²) in [6.07, 6.45) is 6.48. The van der Waals surface area contributed by atoms with Crippen LogP contribution in [0.1, 0.15) is 39.5 Å². The molecule has 2 aromatic heterocycles. The third-order valence-electron chi connectivity index (χ3n) is 6.62. The van der Waals surface area contributed by atoms with Crippen LogP contribution in [0.4, 0.5) is 4.39 Å². The van der Waals surface area contributed by atoms with E-state index in [1.807, 2.05) is 24.4 Å². The van der Waals surface area contributed by atoms with Crippen LogP contribution in [0.15, 0.2) is 61.1 Å². The maximum absolute atomic E-state index is 14.2. The molecule has 2 aliphatic rings. The van der Waals surface area contributed by atoms with E-state index in [-0.39, 0.29) is 11.7 Å². The Labute approximate surface area is 200 Å². The molecule has 34 heavy (non-hydrogen) atoms. The number of carbonyl (C=O) groups is 1. The predicted molar refractivity (Wildman–Crippen MR) is 129 cm³/mol. The number of rotatable bonds is 3. The SMILES string of the molecule is CN1CC=C(c2cc(-c3ccc4ncnn4c3)cc3c2C(c2cc(F)ccc2Cl)NC3=O)CC1. The molecule has 1 N–H and O–H groups in total. The van der Waals surface area contributed by atoms with Crippen LogP contribution in [0.5, 0.6) is 0 Å². The van der Waals surface area contributed by atoms with Crippen molar-refractivity contribution < 1.29 is 9.18 Å². The van der Waals surface area contributed by atoms with Crippen molar-refractivity contribution in [1.29, 1.82) is 0 Å². The quantitative estimate of drug-likeness (QED) is 0.467. The minimum absolute atomic E-state index is 0.196. The molecular weight excluding hydrogens is 453 g/mol. The van der Waals surface area contributed by atoms with Gasteiger partial charge in [-0.2, -0.15) is 5.10 Å². The summed E-state index contributed by atoms with van der Waals surface area (Å²) in [5.74, 6) is -0.585. The van der Waals surface area contributed by atoms with Crippen LogP contribution in [0.2, 0.25) is 5.02 Å². The van der Waals surface area contributed by atoms with Crippen molar-refractivity contribution in [2.24, 2.45) is 0 Å². The van der Waals surface area contributed by atoms with Gasteiger partial charge in [-0.05, 0) is 78.2 Å². The highest BCUT2D eigenvalue weighted by Gasteiger charge is 2.35.